The van der Waals surface area contributed by atoms with Crippen molar-refractivity contribution in [3.8, 4) is 0 Å². The Labute approximate surface area is 121 Å². The van der Waals surface area contributed by atoms with E-state index in [4.69, 9.17) is 4.42 Å². The van der Waals surface area contributed by atoms with Crippen molar-refractivity contribution in [2.24, 2.45) is 0 Å². The minimum atomic E-state index is -0.333. The highest BCUT2D eigenvalue weighted by molar-refractivity contribution is 5.97. The fourth-order valence-corrected chi connectivity index (χ4v) is 1.79. The first-order valence-corrected chi connectivity index (χ1v) is 6.73. The maximum absolute atomic E-state index is 12.3. The highest BCUT2D eigenvalue weighted by Gasteiger charge is 2.20. The summed E-state index contributed by atoms with van der Waals surface area (Å²) < 4.78 is 9.72. The number of anilines is 1. The predicted molar refractivity (Wildman–Crippen MR) is 74.7 cm³/mol. The van der Waals surface area contributed by atoms with E-state index in [1.807, 2.05) is 6.92 Å². The average Bonchev–Trinajstić information content (AvgIpc) is 3.15. The van der Waals surface area contributed by atoms with E-state index in [0.29, 0.717) is 12.4 Å². The summed E-state index contributed by atoms with van der Waals surface area (Å²) in [5, 5.41) is 6.15. The third-order valence-corrected chi connectivity index (χ3v) is 2.84. The van der Waals surface area contributed by atoms with E-state index in [-0.39, 0.29) is 24.1 Å². The van der Waals surface area contributed by atoms with Gasteiger partial charge in [-0.05, 0) is 18.6 Å². The van der Waals surface area contributed by atoms with Gasteiger partial charge in [0, 0.05) is 12.6 Å². The molecule has 21 heavy (non-hydrogen) atoms. The Morgan fingerprint density at radius 1 is 1.33 bits per heavy atom. The standard InChI is InChI=1S/C14H17N3O4/c1-2-3-7-17(14(19)11-5-4-8-20-11)10-13(18)15-12-6-9-21-16-12/h4-6,8-9H,2-3,7,10H2,1H3,(H,15,16,18). The van der Waals surface area contributed by atoms with Crippen LogP contribution in [0.2, 0.25) is 0 Å². The molecule has 0 saturated carbocycles. The molecule has 2 aromatic rings. The van der Waals surface area contributed by atoms with Crippen LogP contribution in [0.1, 0.15) is 30.3 Å². The summed E-state index contributed by atoms with van der Waals surface area (Å²) in [4.78, 5) is 25.7. The molecule has 1 N–H and O–H groups in total. The maximum atomic E-state index is 12.3. The van der Waals surface area contributed by atoms with Crippen molar-refractivity contribution >= 4 is 17.6 Å². The minimum Gasteiger partial charge on any atom is -0.459 e. The number of amides is 2. The number of hydrogen-bond donors (Lipinski definition) is 1. The van der Waals surface area contributed by atoms with Gasteiger partial charge in [0.25, 0.3) is 5.91 Å². The molecule has 112 valence electrons. The highest BCUT2D eigenvalue weighted by atomic mass is 16.5. The lowest BCUT2D eigenvalue weighted by atomic mass is 10.3. The van der Waals surface area contributed by atoms with E-state index in [1.165, 1.54) is 23.5 Å². The monoisotopic (exact) mass is 291 g/mol. The number of aromatic nitrogens is 1. The van der Waals surface area contributed by atoms with Crippen LogP contribution in [-0.2, 0) is 4.79 Å². The van der Waals surface area contributed by atoms with E-state index < -0.39 is 0 Å². The molecule has 7 heteroatoms. The van der Waals surface area contributed by atoms with E-state index in [2.05, 4.69) is 15.0 Å². The van der Waals surface area contributed by atoms with E-state index >= 15 is 0 Å². The smallest absolute Gasteiger partial charge is 0.290 e. The third kappa shape index (κ3) is 4.20. The number of nitrogens with zero attached hydrogens (tertiary/aromatic N) is 2. The largest absolute Gasteiger partial charge is 0.459 e. The summed E-state index contributed by atoms with van der Waals surface area (Å²) in [5.74, 6) is -0.0927. The van der Waals surface area contributed by atoms with Crippen LogP contribution in [-0.4, -0.2) is 35.0 Å². The van der Waals surface area contributed by atoms with Crippen molar-refractivity contribution in [1.82, 2.24) is 10.1 Å². The first-order valence-electron chi connectivity index (χ1n) is 6.73. The summed E-state index contributed by atoms with van der Waals surface area (Å²) in [6, 6.07) is 4.75. The van der Waals surface area contributed by atoms with Gasteiger partial charge in [0.05, 0.1) is 6.26 Å². The molecule has 0 aliphatic heterocycles. The van der Waals surface area contributed by atoms with Crippen molar-refractivity contribution in [1.29, 1.82) is 0 Å². The molecule has 0 fully saturated rings. The van der Waals surface area contributed by atoms with Gasteiger partial charge in [0.2, 0.25) is 5.91 Å². The van der Waals surface area contributed by atoms with Crippen LogP contribution in [0.4, 0.5) is 5.82 Å². The lowest BCUT2D eigenvalue weighted by Gasteiger charge is -2.20. The van der Waals surface area contributed by atoms with Crippen LogP contribution in [0.3, 0.4) is 0 Å². The van der Waals surface area contributed by atoms with Gasteiger partial charge in [-0.2, -0.15) is 0 Å². The molecule has 0 unspecified atom stereocenters. The van der Waals surface area contributed by atoms with Gasteiger partial charge in [-0.25, -0.2) is 0 Å². The molecule has 0 saturated heterocycles. The maximum Gasteiger partial charge on any atom is 0.290 e. The van der Waals surface area contributed by atoms with Crippen LogP contribution in [0.5, 0.6) is 0 Å². The first-order chi connectivity index (χ1) is 10.2. The van der Waals surface area contributed by atoms with E-state index in [1.54, 1.807) is 12.1 Å². The molecule has 2 rings (SSSR count). The zero-order valence-corrected chi connectivity index (χ0v) is 11.7. The fourth-order valence-electron chi connectivity index (χ4n) is 1.79. The molecule has 0 atom stereocenters. The molecule has 0 radical (unpaired) electrons. The van der Waals surface area contributed by atoms with E-state index in [9.17, 15) is 9.59 Å². The van der Waals surface area contributed by atoms with Crippen molar-refractivity contribution in [2.75, 3.05) is 18.4 Å². The number of nitrogens with one attached hydrogen (secondary N) is 1. The number of hydrogen-bond acceptors (Lipinski definition) is 5. The summed E-state index contributed by atoms with van der Waals surface area (Å²) in [7, 11) is 0. The third-order valence-electron chi connectivity index (χ3n) is 2.84. The Kier molecular flexibility index (Phi) is 5.14. The second-order valence-corrected chi connectivity index (χ2v) is 4.49. The van der Waals surface area contributed by atoms with Crippen LogP contribution < -0.4 is 5.32 Å². The number of carbonyl (C=O) groups excluding carboxylic acids is 2. The Balaban J connectivity index is 1.98. The number of carbonyl (C=O) groups is 2. The van der Waals surface area contributed by atoms with Crippen LogP contribution >= 0.6 is 0 Å². The van der Waals surface area contributed by atoms with Crippen molar-refractivity contribution in [2.45, 2.75) is 19.8 Å². The van der Waals surface area contributed by atoms with Gasteiger partial charge in [0.1, 0.15) is 12.8 Å². The van der Waals surface area contributed by atoms with Crippen LogP contribution in [0.15, 0.2) is 39.7 Å². The van der Waals surface area contributed by atoms with Crippen LogP contribution in [0, 0.1) is 0 Å². The summed E-state index contributed by atoms with van der Waals surface area (Å²) in [6.45, 7) is 2.44. The molecule has 2 heterocycles. The second-order valence-electron chi connectivity index (χ2n) is 4.49. The van der Waals surface area contributed by atoms with Crippen molar-refractivity contribution < 1.29 is 18.5 Å². The molecule has 0 bridgehead atoms. The van der Waals surface area contributed by atoms with Gasteiger partial charge >= 0.3 is 0 Å². The summed E-state index contributed by atoms with van der Waals surface area (Å²) in [6.07, 6.45) is 4.52. The van der Waals surface area contributed by atoms with Gasteiger partial charge in [-0.15, -0.1) is 0 Å². The predicted octanol–water partition coefficient (Wildman–Crippen LogP) is 2.15. The molecule has 2 aromatic heterocycles. The average molecular weight is 291 g/mol. The fraction of sp³-hybridized carbons (Fsp3) is 0.357. The Hall–Kier alpha value is -2.57. The van der Waals surface area contributed by atoms with Gasteiger partial charge < -0.3 is 19.2 Å². The molecule has 0 spiro atoms. The summed E-state index contributed by atoms with van der Waals surface area (Å²) >= 11 is 0. The highest BCUT2D eigenvalue weighted by Crippen LogP contribution is 2.08. The SMILES string of the molecule is CCCCN(CC(=O)Nc1ccon1)C(=O)c1ccco1. The quantitative estimate of drug-likeness (QED) is 0.844. The zero-order valence-electron chi connectivity index (χ0n) is 11.7. The van der Waals surface area contributed by atoms with Crippen LogP contribution in [0.25, 0.3) is 0 Å². The minimum absolute atomic E-state index is 0.0631. The van der Waals surface area contributed by atoms with Gasteiger partial charge in [-0.3, -0.25) is 9.59 Å². The second kappa shape index (κ2) is 7.28. The Morgan fingerprint density at radius 3 is 2.81 bits per heavy atom. The van der Waals surface area contributed by atoms with E-state index in [0.717, 1.165) is 12.8 Å². The lowest BCUT2D eigenvalue weighted by molar-refractivity contribution is -0.117. The first kappa shape index (κ1) is 14.8. The summed E-state index contributed by atoms with van der Waals surface area (Å²) in [5.41, 5.74) is 0. The molecular formula is C14H17N3O4. The lowest BCUT2D eigenvalue weighted by Crippen LogP contribution is -2.38. The molecule has 2 amide bonds. The number of furan rings is 1. The zero-order chi connectivity index (χ0) is 15.1. The molecule has 0 aliphatic carbocycles. The molecule has 0 aromatic carbocycles. The number of unbranched alkanes of at least 4 members (excludes halogenated alkanes) is 1. The molecule has 7 nitrogen and oxygen atoms in total. The Bertz CT molecular complexity index is 563. The van der Waals surface area contributed by atoms with Gasteiger partial charge in [0.15, 0.2) is 11.6 Å². The normalized spacial score (nSPS) is 10.3. The topological polar surface area (TPSA) is 88.6 Å². The molecular weight excluding hydrogens is 274 g/mol. The van der Waals surface area contributed by atoms with Crippen molar-refractivity contribution in [3.05, 3.63) is 36.5 Å². The number of rotatable bonds is 7. The van der Waals surface area contributed by atoms with Gasteiger partial charge in [-0.1, -0.05) is 18.5 Å². The van der Waals surface area contributed by atoms with Crippen molar-refractivity contribution in [3.63, 3.8) is 0 Å². The molecule has 0 aliphatic rings. The Morgan fingerprint density at radius 2 is 2.19 bits per heavy atom.